The Hall–Kier alpha value is -0.870. The molecule has 18 heavy (non-hydrogen) atoms. The predicted octanol–water partition coefficient (Wildman–Crippen LogP) is 1.02. The summed E-state index contributed by atoms with van der Waals surface area (Å²) in [6.07, 6.45) is 1.18. The van der Waals surface area contributed by atoms with E-state index in [1.807, 2.05) is 11.4 Å². The Morgan fingerprint density at radius 2 is 2.33 bits per heavy atom. The van der Waals surface area contributed by atoms with E-state index in [2.05, 4.69) is 11.8 Å². The summed E-state index contributed by atoms with van der Waals surface area (Å²) in [5.74, 6) is 6.06. The van der Waals surface area contributed by atoms with E-state index in [1.165, 1.54) is 15.6 Å². The van der Waals surface area contributed by atoms with Gasteiger partial charge in [-0.3, -0.25) is 0 Å². The highest BCUT2D eigenvalue weighted by Crippen LogP contribution is 2.21. The maximum Gasteiger partial charge on any atom is 0.214 e. The smallest absolute Gasteiger partial charge is 0.214 e. The van der Waals surface area contributed by atoms with Crippen LogP contribution in [0.5, 0.6) is 0 Å². The van der Waals surface area contributed by atoms with E-state index >= 15 is 0 Å². The van der Waals surface area contributed by atoms with Crippen LogP contribution in [-0.4, -0.2) is 36.7 Å². The van der Waals surface area contributed by atoms with Gasteiger partial charge >= 0.3 is 0 Å². The highest BCUT2D eigenvalue weighted by atomic mass is 32.2. The molecule has 0 unspecified atom stereocenters. The first-order chi connectivity index (χ1) is 8.62. The molecular formula is C12H15NO3S2. The summed E-state index contributed by atoms with van der Waals surface area (Å²) in [7, 11) is -3.03. The second kappa shape index (κ2) is 5.85. The number of aliphatic hydroxyl groups excluding tert-OH is 1. The Morgan fingerprint density at radius 3 is 3.00 bits per heavy atom. The number of hydrogen-bond donors (Lipinski definition) is 1. The van der Waals surface area contributed by atoms with Crippen LogP contribution >= 0.6 is 11.3 Å². The second-order valence-electron chi connectivity index (χ2n) is 4.08. The largest absolute Gasteiger partial charge is 0.395 e. The first kappa shape index (κ1) is 13.6. The van der Waals surface area contributed by atoms with Crippen molar-refractivity contribution < 1.29 is 13.5 Å². The summed E-state index contributed by atoms with van der Waals surface area (Å²) >= 11 is 1.52. The van der Waals surface area contributed by atoms with Crippen LogP contribution in [0.2, 0.25) is 0 Å². The average molecular weight is 285 g/mol. The van der Waals surface area contributed by atoms with E-state index in [9.17, 15) is 8.42 Å². The zero-order chi connectivity index (χ0) is 13.0. The van der Waals surface area contributed by atoms with Gasteiger partial charge in [-0.2, -0.15) is 4.31 Å². The van der Waals surface area contributed by atoms with Crippen molar-refractivity contribution in [2.45, 2.75) is 19.4 Å². The number of hydrogen-bond acceptors (Lipinski definition) is 4. The van der Waals surface area contributed by atoms with Crippen LogP contribution in [0.4, 0.5) is 0 Å². The lowest BCUT2D eigenvalue weighted by molar-refractivity contribution is 0.305. The van der Waals surface area contributed by atoms with Gasteiger partial charge in [0, 0.05) is 35.3 Å². The minimum Gasteiger partial charge on any atom is -0.395 e. The normalized spacial score (nSPS) is 18.5. The molecule has 1 aliphatic rings. The fraction of sp³-hybridized carbons (Fsp3) is 0.500. The monoisotopic (exact) mass is 285 g/mol. The van der Waals surface area contributed by atoms with Crippen molar-refractivity contribution in [3.8, 4) is 11.8 Å². The van der Waals surface area contributed by atoms with Gasteiger partial charge in [0.15, 0.2) is 0 Å². The van der Waals surface area contributed by atoms with Gasteiger partial charge in [-0.05, 0) is 12.5 Å². The van der Waals surface area contributed by atoms with Gasteiger partial charge in [-0.15, -0.1) is 11.3 Å². The van der Waals surface area contributed by atoms with Gasteiger partial charge in [0.2, 0.25) is 10.0 Å². The Morgan fingerprint density at radius 1 is 1.50 bits per heavy atom. The predicted molar refractivity (Wildman–Crippen MR) is 71.7 cm³/mol. The molecule has 1 aromatic rings. The molecule has 6 heteroatoms. The zero-order valence-electron chi connectivity index (χ0n) is 9.92. The summed E-state index contributed by atoms with van der Waals surface area (Å²) in [6, 6.07) is 1.92. The van der Waals surface area contributed by atoms with Crippen LogP contribution in [0.3, 0.4) is 0 Å². The fourth-order valence-electron chi connectivity index (χ4n) is 1.79. The van der Waals surface area contributed by atoms with Crippen molar-refractivity contribution in [1.82, 2.24) is 4.31 Å². The van der Waals surface area contributed by atoms with Crippen molar-refractivity contribution in [1.29, 1.82) is 0 Å². The van der Waals surface area contributed by atoms with Crippen LogP contribution in [0.25, 0.3) is 0 Å². The number of nitrogens with zero attached hydrogens (tertiary/aromatic N) is 1. The van der Waals surface area contributed by atoms with E-state index in [1.54, 1.807) is 0 Å². The molecule has 0 amide bonds. The van der Waals surface area contributed by atoms with Crippen molar-refractivity contribution in [3.05, 3.63) is 21.9 Å². The third-order valence-electron chi connectivity index (χ3n) is 2.66. The van der Waals surface area contributed by atoms with Gasteiger partial charge in [0.05, 0.1) is 12.4 Å². The molecular weight excluding hydrogens is 270 g/mol. The first-order valence-corrected chi connectivity index (χ1v) is 8.26. The van der Waals surface area contributed by atoms with Crippen molar-refractivity contribution in [3.63, 3.8) is 0 Å². The van der Waals surface area contributed by atoms with Gasteiger partial charge in [-0.1, -0.05) is 11.8 Å². The molecule has 0 spiro atoms. The van der Waals surface area contributed by atoms with Crippen molar-refractivity contribution in [2.75, 3.05) is 18.9 Å². The molecule has 1 N–H and O–H groups in total. The summed E-state index contributed by atoms with van der Waals surface area (Å²) < 4.78 is 24.8. The Labute approximate surface area is 111 Å². The zero-order valence-corrected chi connectivity index (χ0v) is 11.6. The molecule has 1 aliphatic heterocycles. The summed E-state index contributed by atoms with van der Waals surface area (Å²) in [6.45, 7) is 1.14. The molecule has 1 aromatic heterocycles. The molecule has 2 rings (SSSR count). The molecule has 98 valence electrons. The van der Waals surface area contributed by atoms with Crippen molar-refractivity contribution in [2.24, 2.45) is 0 Å². The third kappa shape index (κ3) is 3.33. The number of thiophene rings is 1. The number of rotatable bonds is 3. The van der Waals surface area contributed by atoms with Gasteiger partial charge in [0.1, 0.15) is 0 Å². The van der Waals surface area contributed by atoms with Crippen molar-refractivity contribution >= 4 is 21.4 Å². The topological polar surface area (TPSA) is 57.6 Å². The first-order valence-electron chi connectivity index (χ1n) is 5.77. The van der Waals surface area contributed by atoms with Crippen LogP contribution in [-0.2, 0) is 16.6 Å². The second-order valence-corrected chi connectivity index (χ2v) is 7.16. The molecule has 0 saturated carbocycles. The Kier molecular flexibility index (Phi) is 4.40. The Bertz CT molecular complexity index is 566. The standard InChI is InChI=1S/C12H15NO3S2/c14-6-2-1-4-11-8-12(17-10-11)9-13-5-3-7-18(13,15)16/h8,10,14H,2-3,5-7,9H2. The molecule has 1 fully saturated rings. The lowest BCUT2D eigenvalue weighted by Gasteiger charge is -2.12. The number of aliphatic hydroxyl groups is 1. The molecule has 0 aliphatic carbocycles. The molecule has 0 bridgehead atoms. The maximum atomic E-state index is 11.7. The van der Waals surface area contributed by atoms with E-state index in [-0.39, 0.29) is 12.4 Å². The SMILES string of the molecule is O=S1(=O)CCCN1Cc1cc(C#CCCO)cs1. The van der Waals surface area contributed by atoms with Gasteiger partial charge < -0.3 is 5.11 Å². The van der Waals surface area contributed by atoms with Gasteiger partial charge in [0.25, 0.3) is 0 Å². The van der Waals surface area contributed by atoms with Gasteiger partial charge in [-0.25, -0.2) is 8.42 Å². The van der Waals surface area contributed by atoms with E-state index in [4.69, 9.17) is 5.11 Å². The van der Waals surface area contributed by atoms with E-state index in [0.29, 0.717) is 19.5 Å². The van der Waals surface area contributed by atoms with E-state index < -0.39 is 10.0 Å². The summed E-state index contributed by atoms with van der Waals surface area (Å²) in [5.41, 5.74) is 0.889. The average Bonchev–Trinajstić information content (AvgIpc) is 2.88. The van der Waals surface area contributed by atoms with E-state index in [0.717, 1.165) is 16.9 Å². The minimum absolute atomic E-state index is 0.0655. The summed E-state index contributed by atoms with van der Waals surface area (Å²) in [5, 5.41) is 10.5. The van der Waals surface area contributed by atoms with Crippen LogP contribution in [0.15, 0.2) is 11.4 Å². The summed E-state index contributed by atoms with van der Waals surface area (Å²) in [4.78, 5) is 1.01. The molecule has 0 radical (unpaired) electrons. The third-order valence-corrected chi connectivity index (χ3v) is 5.48. The molecule has 0 aromatic carbocycles. The fourth-order valence-corrected chi connectivity index (χ4v) is 4.20. The quantitative estimate of drug-likeness (QED) is 0.844. The maximum absolute atomic E-state index is 11.7. The molecule has 4 nitrogen and oxygen atoms in total. The van der Waals surface area contributed by atoms with Crippen LogP contribution in [0, 0.1) is 11.8 Å². The number of sulfonamides is 1. The highest BCUT2D eigenvalue weighted by molar-refractivity contribution is 7.89. The minimum atomic E-state index is -3.03. The Balaban J connectivity index is 2.01. The lowest BCUT2D eigenvalue weighted by atomic mass is 10.3. The van der Waals surface area contributed by atoms with Crippen LogP contribution < -0.4 is 0 Å². The molecule has 0 atom stereocenters. The van der Waals surface area contributed by atoms with Crippen LogP contribution in [0.1, 0.15) is 23.3 Å². The highest BCUT2D eigenvalue weighted by Gasteiger charge is 2.28. The molecule has 2 heterocycles. The molecule has 1 saturated heterocycles. The lowest BCUT2D eigenvalue weighted by Crippen LogP contribution is -2.24.